The molecule has 4 nitrogen and oxygen atoms in total. The van der Waals surface area contributed by atoms with Crippen LogP contribution in [0.5, 0.6) is 0 Å². The Morgan fingerprint density at radius 2 is 1.63 bits per heavy atom. The van der Waals surface area contributed by atoms with E-state index in [2.05, 4.69) is 5.43 Å². The molecule has 19 heavy (non-hydrogen) atoms. The molecule has 4 heteroatoms. The number of hydrogen-bond donors (Lipinski definition) is 2. The van der Waals surface area contributed by atoms with E-state index in [1.54, 1.807) is 0 Å². The summed E-state index contributed by atoms with van der Waals surface area (Å²) in [5.41, 5.74) is 3.92. The Morgan fingerprint density at radius 3 is 2.21 bits per heavy atom. The third-order valence-electron chi connectivity index (χ3n) is 2.74. The summed E-state index contributed by atoms with van der Waals surface area (Å²) in [6.07, 6.45) is -0.702. The molecule has 0 heterocycles. The largest absolute Gasteiger partial charge is 0.359 e. The van der Waals surface area contributed by atoms with Gasteiger partial charge in [0.25, 0.3) is 5.91 Å². The normalized spacial score (nSPS) is 11.8. The molecule has 0 radical (unpaired) electrons. The average molecular weight is 256 g/mol. The van der Waals surface area contributed by atoms with Gasteiger partial charge in [0.15, 0.2) is 6.10 Å². The molecule has 0 aliphatic carbocycles. The van der Waals surface area contributed by atoms with Gasteiger partial charge in [0.05, 0.1) is 6.61 Å². The van der Waals surface area contributed by atoms with Crippen LogP contribution in [-0.2, 0) is 16.1 Å². The number of ether oxygens (including phenoxy) is 1. The highest BCUT2D eigenvalue weighted by atomic mass is 16.5. The molecule has 2 aromatic carbocycles. The second kappa shape index (κ2) is 6.68. The average Bonchev–Trinajstić information content (AvgIpc) is 2.49. The molecule has 0 aliphatic heterocycles. The summed E-state index contributed by atoms with van der Waals surface area (Å²) in [5, 5.41) is 0. The van der Waals surface area contributed by atoms with Crippen molar-refractivity contribution in [2.24, 2.45) is 5.84 Å². The van der Waals surface area contributed by atoms with Crippen molar-refractivity contribution in [2.45, 2.75) is 12.7 Å². The summed E-state index contributed by atoms with van der Waals surface area (Å²) in [5.74, 6) is 4.84. The molecule has 3 N–H and O–H groups in total. The van der Waals surface area contributed by atoms with E-state index in [0.717, 1.165) is 11.1 Å². The van der Waals surface area contributed by atoms with Gasteiger partial charge in [0.2, 0.25) is 0 Å². The Balaban J connectivity index is 2.09. The molecule has 0 aliphatic rings. The number of carbonyl (C=O) groups excluding carboxylic acids is 1. The molecule has 2 rings (SSSR count). The van der Waals surface area contributed by atoms with Crippen LogP contribution in [-0.4, -0.2) is 5.91 Å². The van der Waals surface area contributed by atoms with Gasteiger partial charge in [-0.3, -0.25) is 10.2 Å². The van der Waals surface area contributed by atoms with Crippen molar-refractivity contribution in [3.63, 3.8) is 0 Å². The molecule has 1 atom stereocenters. The van der Waals surface area contributed by atoms with Crippen LogP contribution in [0.2, 0.25) is 0 Å². The van der Waals surface area contributed by atoms with Gasteiger partial charge in [-0.1, -0.05) is 60.7 Å². The van der Waals surface area contributed by atoms with Gasteiger partial charge in [-0.05, 0) is 11.1 Å². The predicted molar refractivity (Wildman–Crippen MR) is 72.7 cm³/mol. The third kappa shape index (κ3) is 3.64. The molecule has 1 amide bonds. The van der Waals surface area contributed by atoms with Crippen LogP contribution >= 0.6 is 0 Å². The molecular formula is C15H16N2O2. The van der Waals surface area contributed by atoms with E-state index in [9.17, 15) is 4.79 Å². The van der Waals surface area contributed by atoms with Gasteiger partial charge in [-0.15, -0.1) is 0 Å². The number of hydrazine groups is 1. The molecule has 1 unspecified atom stereocenters. The van der Waals surface area contributed by atoms with E-state index >= 15 is 0 Å². The van der Waals surface area contributed by atoms with Gasteiger partial charge in [0.1, 0.15) is 0 Å². The maximum Gasteiger partial charge on any atom is 0.267 e. The summed E-state index contributed by atoms with van der Waals surface area (Å²) >= 11 is 0. The first-order valence-corrected chi connectivity index (χ1v) is 6.02. The van der Waals surface area contributed by atoms with E-state index in [0.29, 0.717) is 6.61 Å². The molecule has 0 saturated carbocycles. The molecule has 2 aromatic rings. The van der Waals surface area contributed by atoms with Crippen LogP contribution in [0.4, 0.5) is 0 Å². The number of amides is 1. The van der Waals surface area contributed by atoms with Crippen LogP contribution in [0.1, 0.15) is 17.2 Å². The van der Waals surface area contributed by atoms with E-state index in [1.807, 2.05) is 60.7 Å². The van der Waals surface area contributed by atoms with Crippen LogP contribution in [0.3, 0.4) is 0 Å². The lowest BCUT2D eigenvalue weighted by molar-refractivity contribution is -0.134. The molecule has 0 aromatic heterocycles. The summed E-state index contributed by atoms with van der Waals surface area (Å²) in [6.45, 7) is 0.355. The SMILES string of the molecule is NNC(=O)C(OCc1ccccc1)c1ccccc1. The Labute approximate surface area is 112 Å². The first-order valence-electron chi connectivity index (χ1n) is 6.02. The van der Waals surface area contributed by atoms with E-state index in [-0.39, 0.29) is 5.91 Å². The van der Waals surface area contributed by atoms with Crippen LogP contribution in [0.15, 0.2) is 60.7 Å². The molecule has 98 valence electrons. The quantitative estimate of drug-likeness (QED) is 0.488. The van der Waals surface area contributed by atoms with Gasteiger partial charge >= 0.3 is 0 Å². The standard InChI is InChI=1S/C15H16N2O2/c16-17-15(18)14(13-9-5-2-6-10-13)19-11-12-7-3-1-4-8-12/h1-10,14H,11,16H2,(H,17,18). The maximum absolute atomic E-state index is 11.8. The summed E-state index contributed by atoms with van der Waals surface area (Å²) in [4.78, 5) is 11.8. The van der Waals surface area contributed by atoms with Crippen LogP contribution < -0.4 is 11.3 Å². The zero-order valence-electron chi connectivity index (χ0n) is 10.5. The fourth-order valence-electron chi connectivity index (χ4n) is 1.78. The van der Waals surface area contributed by atoms with Crippen LogP contribution in [0.25, 0.3) is 0 Å². The minimum Gasteiger partial charge on any atom is -0.359 e. The number of carbonyl (C=O) groups is 1. The lowest BCUT2D eigenvalue weighted by atomic mass is 10.1. The minimum atomic E-state index is -0.702. The minimum absolute atomic E-state index is 0.355. The van der Waals surface area contributed by atoms with E-state index in [4.69, 9.17) is 10.6 Å². The summed E-state index contributed by atoms with van der Waals surface area (Å²) in [6, 6.07) is 19.0. The van der Waals surface area contributed by atoms with Crippen molar-refractivity contribution in [3.05, 3.63) is 71.8 Å². The van der Waals surface area contributed by atoms with Crippen molar-refractivity contribution in [2.75, 3.05) is 0 Å². The molecule has 0 fully saturated rings. The first-order chi connectivity index (χ1) is 9.31. The second-order valence-electron chi connectivity index (χ2n) is 4.10. The van der Waals surface area contributed by atoms with Crippen molar-refractivity contribution < 1.29 is 9.53 Å². The number of rotatable bonds is 5. The predicted octanol–water partition coefficient (Wildman–Crippen LogP) is 1.93. The summed E-state index contributed by atoms with van der Waals surface area (Å²) < 4.78 is 5.67. The van der Waals surface area contributed by atoms with Crippen LogP contribution in [0, 0.1) is 0 Å². The Hall–Kier alpha value is -2.17. The van der Waals surface area contributed by atoms with Crippen molar-refractivity contribution >= 4 is 5.91 Å². The lowest BCUT2D eigenvalue weighted by Gasteiger charge is -2.16. The fourth-order valence-corrected chi connectivity index (χ4v) is 1.78. The highest BCUT2D eigenvalue weighted by molar-refractivity contribution is 5.81. The van der Waals surface area contributed by atoms with E-state index in [1.165, 1.54) is 0 Å². The van der Waals surface area contributed by atoms with Crippen molar-refractivity contribution in [1.82, 2.24) is 5.43 Å². The number of hydrogen-bond acceptors (Lipinski definition) is 3. The van der Waals surface area contributed by atoms with Gasteiger partial charge in [-0.25, -0.2) is 5.84 Å². The third-order valence-corrected chi connectivity index (χ3v) is 2.74. The molecular weight excluding hydrogens is 240 g/mol. The lowest BCUT2D eigenvalue weighted by Crippen LogP contribution is -2.35. The number of nitrogens with one attached hydrogen (secondary N) is 1. The van der Waals surface area contributed by atoms with E-state index < -0.39 is 6.10 Å². The van der Waals surface area contributed by atoms with Gasteiger partial charge < -0.3 is 4.74 Å². The second-order valence-corrected chi connectivity index (χ2v) is 4.10. The molecule has 0 bridgehead atoms. The van der Waals surface area contributed by atoms with Crippen molar-refractivity contribution in [1.29, 1.82) is 0 Å². The first kappa shape index (κ1) is 13.3. The fraction of sp³-hybridized carbons (Fsp3) is 0.133. The Morgan fingerprint density at radius 1 is 1.05 bits per heavy atom. The van der Waals surface area contributed by atoms with Crippen molar-refractivity contribution in [3.8, 4) is 0 Å². The highest BCUT2D eigenvalue weighted by Gasteiger charge is 2.20. The zero-order chi connectivity index (χ0) is 13.5. The molecule has 0 saturated heterocycles. The van der Waals surface area contributed by atoms with Gasteiger partial charge in [0, 0.05) is 0 Å². The number of benzene rings is 2. The molecule has 0 spiro atoms. The zero-order valence-corrected chi connectivity index (χ0v) is 10.5. The smallest absolute Gasteiger partial charge is 0.267 e. The topological polar surface area (TPSA) is 64.3 Å². The van der Waals surface area contributed by atoms with Gasteiger partial charge in [-0.2, -0.15) is 0 Å². The Kier molecular flexibility index (Phi) is 4.66. The monoisotopic (exact) mass is 256 g/mol. The maximum atomic E-state index is 11.8. The Bertz CT molecular complexity index is 514. The highest BCUT2D eigenvalue weighted by Crippen LogP contribution is 2.19. The summed E-state index contributed by atoms with van der Waals surface area (Å²) in [7, 11) is 0. The number of nitrogens with two attached hydrogens (primary N) is 1.